The fourth-order valence-corrected chi connectivity index (χ4v) is 3.56. The Kier molecular flexibility index (Phi) is 4.97. The topological polar surface area (TPSA) is 27.6 Å². The van der Waals surface area contributed by atoms with Crippen LogP contribution in [0.2, 0.25) is 5.02 Å². The Hall–Kier alpha value is -1.56. The first-order chi connectivity index (χ1) is 10.7. The molecule has 0 aliphatic carbocycles. The van der Waals surface area contributed by atoms with Gasteiger partial charge >= 0.3 is 0 Å². The van der Waals surface area contributed by atoms with Crippen LogP contribution in [0.15, 0.2) is 59.6 Å². The minimum absolute atomic E-state index is 0.641. The molecule has 0 amide bonds. The second-order valence-corrected chi connectivity index (χ2v) is 6.56. The van der Waals surface area contributed by atoms with Gasteiger partial charge in [0.25, 0.3) is 0 Å². The number of halogens is 1. The SMILES string of the molecule is S=C(Nc1cccc(Cl)c1)N1CCS/C1=N/c1ccccc1. The number of thioether (sulfide) groups is 1. The Morgan fingerprint density at radius 1 is 1.18 bits per heavy atom. The highest BCUT2D eigenvalue weighted by Gasteiger charge is 2.23. The molecule has 6 heteroatoms. The van der Waals surface area contributed by atoms with Crippen molar-refractivity contribution >= 4 is 57.2 Å². The number of amidine groups is 1. The molecule has 112 valence electrons. The predicted molar refractivity (Wildman–Crippen MR) is 100 cm³/mol. The van der Waals surface area contributed by atoms with Gasteiger partial charge in [-0.3, -0.25) is 4.90 Å². The van der Waals surface area contributed by atoms with Crippen LogP contribution in [0.4, 0.5) is 11.4 Å². The fourth-order valence-electron chi connectivity index (χ4n) is 2.05. The smallest absolute Gasteiger partial charge is 0.179 e. The largest absolute Gasteiger partial charge is 0.332 e. The predicted octanol–water partition coefficient (Wildman–Crippen LogP) is 4.77. The molecule has 0 unspecified atom stereocenters. The van der Waals surface area contributed by atoms with Gasteiger partial charge in [-0.1, -0.05) is 47.6 Å². The van der Waals surface area contributed by atoms with Gasteiger partial charge in [0, 0.05) is 23.0 Å². The van der Waals surface area contributed by atoms with E-state index in [4.69, 9.17) is 23.8 Å². The Labute approximate surface area is 144 Å². The minimum atomic E-state index is 0.641. The number of para-hydroxylation sites is 1. The van der Waals surface area contributed by atoms with Gasteiger partial charge in [-0.2, -0.15) is 0 Å². The van der Waals surface area contributed by atoms with E-state index in [1.807, 2.05) is 59.5 Å². The van der Waals surface area contributed by atoms with Gasteiger partial charge in [-0.25, -0.2) is 4.99 Å². The summed E-state index contributed by atoms with van der Waals surface area (Å²) >= 11 is 13.2. The lowest BCUT2D eigenvalue weighted by molar-refractivity contribution is 0.687. The van der Waals surface area contributed by atoms with Gasteiger partial charge in [0.05, 0.1) is 5.69 Å². The molecule has 1 saturated heterocycles. The summed E-state index contributed by atoms with van der Waals surface area (Å²) in [6, 6.07) is 17.4. The van der Waals surface area contributed by atoms with E-state index >= 15 is 0 Å². The Morgan fingerprint density at radius 3 is 2.77 bits per heavy atom. The van der Waals surface area contributed by atoms with Crippen LogP contribution in [0.5, 0.6) is 0 Å². The molecule has 1 fully saturated rings. The second-order valence-electron chi connectivity index (χ2n) is 4.67. The van der Waals surface area contributed by atoms with Crippen LogP contribution in [0.1, 0.15) is 0 Å². The van der Waals surface area contributed by atoms with Gasteiger partial charge < -0.3 is 5.32 Å². The first kappa shape index (κ1) is 15.3. The van der Waals surface area contributed by atoms with Gasteiger partial charge in [0.2, 0.25) is 0 Å². The summed E-state index contributed by atoms with van der Waals surface area (Å²) in [5, 5.41) is 5.46. The lowest BCUT2D eigenvalue weighted by Crippen LogP contribution is -2.35. The highest BCUT2D eigenvalue weighted by atomic mass is 35.5. The molecule has 0 aromatic heterocycles. The highest BCUT2D eigenvalue weighted by molar-refractivity contribution is 8.14. The number of rotatable bonds is 2. The molecule has 0 bridgehead atoms. The van der Waals surface area contributed by atoms with E-state index in [0.717, 1.165) is 28.8 Å². The highest BCUT2D eigenvalue weighted by Crippen LogP contribution is 2.24. The lowest BCUT2D eigenvalue weighted by Gasteiger charge is -2.20. The number of thiocarbonyl (C=S) groups is 1. The fraction of sp³-hybridized carbons (Fsp3) is 0.125. The van der Waals surface area contributed by atoms with E-state index < -0.39 is 0 Å². The van der Waals surface area contributed by atoms with E-state index in [9.17, 15) is 0 Å². The third-order valence-electron chi connectivity index (χ3n) is 3.08. The van der Waals surface area contributed by atoms with E-state index in [2.05, 4.69) is 10.3 Å². The molecule has 1 aliphatic rings. The number of benzene rings is 2. The average Bonchev–Trinajstić information content (AvgIpc) is 2.96. The molecule has 0 spiro atoms. The number of anilines is 1. The molecular formula is C16H14ClN3S2. The standard InChI is InChI=1S/C16H14ClN3S2/c17-12-5-4-8-14(11-12)18-15(21)20-9-10-22-16(20)19-13-6-2-1-3-7-13/h1-8,11H,9-10H2,(H,18,21)/b19-16+. The van der Waals surface area contributed by atoms with Crippen molar-refractivity contribution in [1.82, 2.24) is 4.90 Å². The molecule has 22 heavy (non-hydrogen) atoms. The van der Waals surface area contributed by atoms with Crippen molar-refractivity contribution in [3.05, 3.63) is 59.6 Å². The summed E-state index contributed by atoms with van der Waals surface area (Å²) in [7, 11) is 0. The quantitative estimate of drug-likeness (QED) is 0.792. The Morgan fingerprint density at radius 2 is 2.00 bits per heavy atom. The summed E-state index contributed by atoms with van der Waals surface area (Å²) < 4.78 is 0. The van der Waals surface area contributed by atoms with Crippen LogP contribution < -0.4 is 5.32 Å². The van der Waals surface area contributed by atoms with Crippen molar-refractivity contribution in [3.63, 3.8) is 0 Å². The second kappa shape index (κ2) is 7.13. The van der Waals surface area contributed by atoms with Crippen molar-refractivity contribution in [3.8, 4) is 0 Å². The Bertz CT molecular complexity index is 704. The van der Waals surface area contributed by atoms with Gasteiger partial charge in [-0.05, 0) is 42.5 Å². The summed E-state index contributed by atoms with van der Waals surface area (Å²) in [5.74, 6) is 0.975. The third kappa shape index (κ3) is 3.80. The Balaban J connectivity index is 1.75. The summed E-state index contributed by atoms with van der Waals surface area (Å²) in [4.78, 5) is 6.69. The lowest BCUT2D eigenvalue weighted by atomic mass is 10.3. The van der Waals surface area contributed by atoms with Crippen LogP contribution >= 0.6 is 35.6 Å². The van der Waals surface area contributed by atoms with E-state index in [-0.39, 0.29) is 0 Å². The molecular weight excluding hydrogens is 334 g/mol. The van der Waals surface area contributed by atoms with Crippen molar-refractivity contribution in [1.29, 1.82) is 0 Å². The van der Waals surface area contributed by atoms with Crippen molar-refractivity contribution in [2.24, 2.45) is 4.99 Å². The first-order valence-corrected chi connectivity index (χ1v) is 8.60. The molecule has 3 nitrogen and oxygen atoms in total. The minimum Gasteiger partial charge on any atom is -0.332 e. The monoisotopic (exact) mass is 347 g/mol. The molecule has 0 saturated carbocycles. The van der Waals surface area contributed by atoms with Crippen LogP contribution in [0.3, 0.4) is 0 Å². The third-order valence-corrected chi connectivity index (χ3v) is 4.59. The molecule has 0 radical (unpaired) electrons. The number of nitrogens with one attached hydrogen (secondary N) is 1. The maximum Gasteiger partial charge on any atom is 0.179 e. The van der Waals surface area contributed by atoms with Gasteiger partial charge in [-0.15, -0.1) is 0 Å². The van der Waals surface area contributed by atoms with E-state index in [1.165, 1.54) is 0 Å². The molecule has 0 atom stereocenters. The van der Waals surface area contributed by atoms with Crippen molar-refractivity contribution < 1.29 is 0 Å². The zero-order valence-electron chi connectivity index (χ0n) is 11.7. The normalized spacial score (nSPS) is 16.0. The van der Waals surface area contributed by atoms with Gasteiger partial charge in [0.1, 0.15) is 0 Å². The zero-order valence-corrected chi connectivity index (χ0v) is 14.1. The number of hydrogen-bond acceptors (Lipinski definition) is 3. The summed E-state index contributed by atoms with van der Waals surface area (Å²) in [5.41, 5.74) is 1.82. The molecule has 1 aliphatic heterocycles. The maximum absolute atomic E-state index is 6.00. The summed E-state index contributed by atoms with van der Waals surface area (Å²) in [6.45, 7) is 0.850. The van der Waals surface area contributed by atoms with Crippen molar-refractivity contribution in [2.75, 3.05) is 17.6 Å². The first-order valence-electron chi connectivity index (χ1n) is 6.83. The molecule has 2 aromatic carbocycles. The number of aliphatic imine (C=N–C) groups is 1. The molecule has 3 rings (SSSR count). The maximum atomic E-state index is 6.00. The van der Waals surface area contributed by atoms with Gasteiger partial charge in [0.15, 0.2) is 10.3 Å². The number of nitrogens with zero attached hydrogens (tertiary/aromatic N) is 2. The van der Waals surface area contributed by atoms with Crippen LogP contribution in [-0.2, 0) is 0 Å². The molecule has 1 N–H and O–H groups in total. The van der Waals surface area contributed by atoms with Crippen LogP contribution in [0, 0.1) is 0 Å². The number of hydrogen-bond donors (Lipinski definition) is 1. The average molecular weight is 348 g/mol. The van der Waals surface area contributed by atoms with Crippen LogP contribution in [0.25, 0.3) is 0 Å². The molecule has 2 aromatic rings. The summed E-state index contributed by atoms with van der Waals surface area (Å²) in [6.07, 6.45) is 0. The van der Waals surface area contributed by atoms with Crippen molar-refractivity contribution in [2.45, 2.75) is 0 Å². The zero-order chi connectivity index (χ0) is 15.4. The van der Waals surface area contributed by atoms with Crippen LogP contribution in [-0.4, -0.2) is 27.5 Å². The van der Waals surface area contributed by atoms with E-state index in [0.29, 0.717) is 10.1 Å². The van der Waals surface area contributed by atoms with E-state index in [1.54, 1.807) is 11.8 Å². The molecule has 1 heterocycles.